The van der Waals surface area contributed by atoms with E-state index in [0.29, 0.717) is 0 Å². The van der Waals surface area contributed by atoms with Gasteiger partial charge in [0, 0.05) is 25.7 Å². The van der Waals surface area contributed by atoms with Crippen molar-refractivity contribution in [1.29, 1.82) is 0 Å². The highest BCUT2D eigenvalue weighted by Gasteiger charge is 2.23. The third kappa shape index (κ3) is 3.80. The molecule has 2 rings (SSSR count). The Balaban J connectivity index is 2.00. The number of hydrogen-bond acceptors (Lipinski definition) is 2. The molecule has 0 aromatic heterocycles. The second-order valence-electron chi connectivity index (χ2n) is 6.73. The summed E-state index contributed by atoms with van der Waals surface area (Å²) < 4.78 is 0. The van der Waals surface area contributed by atoms with E-state index in [1.54, 1.807) is 0 Å². The Morgan fingerprint density at radius 1 is 1.16 bits per heavy atom. The summed E-state index contributed by atoms with van der Waals surface area (Å²) in [6.45, 7) is 13.7. The summed E-state index contributed by atoms with van der Waals surface area (Å²) in [5.74, 6) is 0. The third-order valence-corrected chi connectivity index (χ3v) is 3.99. The van der Waals surface area contributed by atoms with Crippen LogP contribution in [0.4, 0.5) is 0 Å². The Bertz CT molecular complexity index is 385. The summed E-state index contributed by atoms with van der Waals surface area (Å²) in [5.41, 5.74) is 3.11. The van der Waals surface area contributed by atoms with Gasteiger partial charge >= 0.3 is 0 Å². The zero-order chi connectivity index (χ0) is 13.9. The molecule has 2 heteroatoms. The topological polar surface area (TPSA) is 15.3 Å². The summed E-state index contributed by atoms with van der Waals surface area (Å²) in [7, 11) is 0. The van der Waals surface area contributed by atoms with Gasteiger partial charge in [0.15, 0.2) is 0 Å². The molecule has 0 aliphatic carbocycles. The maximum atomic E-state index is 3.37. The highest BCUT2D eigenvalue weighted by Crippen LogP contribution is 2.23. The fourth-order valence-electron chi connectivity index (χ4n) is 2.55. The molecule has 0 radical (unpaired) electrons. The first-order valence-electron chi connectivity index (χ1n) is 7.55. The molecule has 0 bridgehead atoms. The van der Waals surface area contributed by atoms with Gasteiger partial charge in [0.2, 0.25) is 0 Å². The van der Waals surface area contributed by atoms with Crippen molar-refractivity contribution in [2.75, 3.05) is 19.6 Å². The lowest BCUT2D eigenvalue weighted by Gasteiger charge is -2.38. The van der Waals surface area contributed by atoms with Crippen LogP contribution >= 0.6 is 0 Å². The molecule has 1 aliphatic heterocycles. The molecule has 0 spiro atoms. The highest BCUT2D eigenvalue weighted by atomic mass is 15.2. The normalized spacial score (nSPS) is 16.7. The van der Waals surface area contributed by atoms with Crippen LogP contribution in [0.25, 0.3) is 0 Å². The monoisotopic (exact) mass is 260 g/mol. The standard InChI is InChI=1S/C17H28N2/c1-5-10-19(16-11-18-12-16)13-14-6-8-15(9-7-14)17(2,3)4/h6-9,16,18H,5,10-13H2,1-4H3. The number of nitrogens with zero attached hydrogens (tertiary/aromatic N) is 1. The first kappa shape index (κ1) is 14.5. The second-order valence-corrected chi connectivity index (χ2v) is 6.73. The molecule has 1 aromatic rings. The molecule has 0 unspecified atom stereocenters. The molecule has 1 fully saturated rings. The van der Waals surface area contributed by atoms with Crippen LogP contribution in [-0.2, 0) is 12.0 Å². The lowest BCUT2D eigenvalue weighted by Crippen LogP contribution is -2.56. The Morgan fingerprint density at radius 3 is 2.21 bits per heavy atom. The van der Waals surface area contributed by atoms with Gasteiger partial charge in [-0.3, -0.25) is 4.90 Å². The van der Waals surface area contributed by atoms with E-state index in [1.807, 2.05) is 0 Å². The van der Waals surface area contributed by atoms with Crippen molar-refractivity contribution in [1.82, 2.24) is 10.2 Å². The van der Waals surface area contributed by atoms with Gasteiger partial charge in [0.05, 0.1) is 0 Å². The number of rotatable bonds is 5. The van der Waals surface area contributed by atoms with Crippen molar-refractivity contribution >= 4 is 0 Å². The van der Waals surface area contributed by atoms with E-state index in [2.05, 4.69) is 62.2 Å². The highest BCUT2D eigenvalue weighted by molar-refractivity contribution is 5.27. The Labute approximate surface area is 118 Å². The van der Waals surface area contributed by atoms with Gasteiger partial charge in [-0.15, -0.1) is 0 Å². The summed E-state index contributed by atoms with van der Waals surface area (Å²) in [6.07, 6.45) is 1.23. The first-order chi connectivity index (χ1) is 9.00. The van der Waals surface area contributed by atoms with Crippen LogP contribution in [0.15, 0.2) is 24.3 Å². The van der Waals surface area contributed by atoms with Crippen molar-refractivity contribution in [3.05, 3.63) is 35.4 Å². The largest absolute Gasteiger partial charge is 0.314 e. The predicted octanol–water partition coefficient (Wildman–Crippen LogP) is 3.17. The lowest BCUT2D eigenvalue weighted by atomic mass is 9.86. The van der Waals surface area contributed by atoms with E-state index in [4.69, 9.17) is 0 Å². The van der Waals surface area contributed by atoms with Crippen LogP contribution in [0.5, 0.6) is 0 Å². The minimum atomic E-state index is 0.250. The van der Waals surface area contributed by atoms with Crippen LogP contribution in [0.1, 0.15) is 45.2 Å². The Morgan fingerprint density at radius 2 is 1.79 bits per heavy atom. The van der Waals surface area contributed by atoms with Crippen LogP contribution in [0.3, 0.4) is 0 Å². The van der Waals surface area contributed by atoms with Gasteiger partial charge in [0.25, 0.3) is 0 Å². The molecule has 1 heterocycles. The molecule has 106 valence electrons. The average molecular weight is 260 g/mol. The zero-order valence-corrected chi connectivity index (χ0v) is 12.9. The van der Waals surface area contributed by atoms with E-state index in [0.717, 1.165) is 25.7 Å². The smallest absolute Gasteiger partial charge is 0.0348 e. The SMILES string of the molecule is CCCN(Cc1ccc(C(C)(C)C)cc1)C1CNC1. The lowest BCUT2D eigenvalue weighted by molar-refractivity contribution is 0.138. The second kappa shape index (κ2) is 6.06. The maximum absolute atomic E-state index is 3.37. The van der Waals surface area contributed by atoms with Crippen LogP contribution in [0.2, 0.25) is 0 Å². The average Bonchev–Trinajstić information content (AvgIpc) is 2.26. The number of nitrogens with one attached hydrogen (secondary N) is 1. The van der Waals surface area contributed by atoms with Gasteiger partial charge in [-0.05, 0) is 29.5 Å². The fourth-order valence-corrected chi connectivity index (χ4v) is 2.55. The van der Waals surface area contributed by atoms with Crippen LogP contribution in [-0.4, -0.2) is 30.6 Å². The van der Waals surface area contributed by atoms with Crippen molar-refractivity contribution < 1.29 is 0 Å². The number of hydrogen-bond donors (Lipinski definition) is 1. The van der Waals surface area contributed by atoms with Crippen molar-refractivity contribution in [2.45, 2.75) is 52.1 Å². The van der Waals surface area contributed by atoms with Crippen LogP contribution in [0, 0.1) is 0 Å². The van der Waals surface area contributed by atoms with Crippen molar-refractivity contribution in [2.24, 2.45) is 0 Å². The van der Waals surface area contributed by atoms with E-state index < -0.39 is 0 Å². The van der Waals surface area contributed by atoms with Crippen LogP contribution < -0.4 is 5.32 Å². The Kier molecular flexibility index (Phi) is 4.64. The summed E-state index contributed by atoms with van der Waals surface area (Å²) >= 11 is 0. The molecule has 0 amide bonds. The number of benzene rings is 1. The van der Waals surface area contributed by atoms with Crippen molar-refractivity contribution in [3.8, 4) is 0 Å². The molecular formula is C17H28N2. The zero-order valence-electron chi connectivity index (χ0n) is 12.9. The summed E-state index contributed by atoms with van der Waals surface area (Å²) in [6, 6.07) is 9.92. The summed E-state index contributed by atoms with van der Waals surface area (Å²) in [5, 5.41) is 3.37. The quantitative estimate of drug-likeness (QED) is 0.875. The molecule has 0 atom stereocenters. The molecule has 1 saturated heterocycles. The van der Waals surface area contributed by atoms with Gasteiger partial charge < -0.3 is 5.32 Å². The maximum Gasteiger partial charge on any atom is 0.0348 e. The molecule has 0 saturated carbocycles. The van der Waals surface area contributed by atoms with E-state index in [1.165, 1.54) is 24.1 Å². The van der Waals surface area contributed by atoms with E-state index in [-0.39, 0.29) is 5.41 Å². The molecule has 1 N–H and O–H groups in total. The molecular weight excluding hydrogens is 232 g/mol. The van der Waals surface area contributed by atoms with Gasteiger partial charge in [-0.1, -0.05) is 52.0 Å². The molecule has 2 nitrogen and oxygen atoms in total. The van der Waals surface area contributed by atoms with E-state index in [9.17, 15) is 0 Å². The molecule has 1 aromatic carbocycles. The minimum absolute atomic E-state index is 0.250. The van der Waals surface area contributed by atoms with Gasteiger partial charge in [0.1, 0.15) is 0 Å². The molecule has 1 aliphatic rings. The van der Waals surface area contributed by atoms with Crippen molar-refractivity contribution in [3.63, 3.8) is 0 Å². The summed E-state index contributed by atoms with van der Waals surface area (Å²) in [4.78, 5) is 2.61. The predicted molar refractivity (Wildman–Crippen MR) is 82.5 cm³/mol. The van der Waals surface area contributed by atoms with Gasteiger partial charge in [-0.2, -0.15) is 0 Å². The van der Waals surface area contributed by atoms with E-state index >= 15 is 0 Å². The fraction of sp³-hybridized carbons (Fsp3) is 0.647. The first-order valence-corrected chi connectivity index (χ1v) is 7.55. The minimum Gasteiger partial charge on any atom is -0.314 e. The van der Waals surface area contributed by atoms with Gasteiger partial charge in [-0.25, -0.2) is 0 Å². The third-order valence-electron chi connectivity index (χ3n) is 3.99. The Hall–Kier alpha value is -0.860. The molecule has 19 heavy (non-hydrogen) atoms.